The zero-order chi connectivity index (χ0) is 23.3. The van der Waals surface area contributed by atoms with Gasteiger partial charge in [-0.2, -0.15) is 5.26 Å². The summed E-state index contributed by atoms with van der Waals surface area (Å²) >= 11 is 1.47. The maximum absolute atomic E-state index is 13.2. The maximum atomic E-state index is 13.2. The van der Waals surface area contributed by atoms with Crippen LogP contribution in [-0.4, -0.2) is 21.8 Å². The molecule has 33 heavy (non-hydrogen) atoms. The molecule has 1 heterocycles. The van der Waals surface area contributed by atoms with E-state index >= 15 is 0 Å². The second-order valence-corrected chi connectivity index (χ2v) is 11.5. The number of nitriles is 1. The second-order valence-electron chi connectivity index (χ2n) is 10.2. The molecular formula is C26H29N3O3S. The Balaban J connectivity index is 1.36. The summed E-state index contributed by atoms with van der Waals surface area (Å²) in [5, 5.41) is 23.1. The molecule has 2 N–H and O–H groups in total. The number of nitrogens with one attached hydrogen (secondary N) is 1. The van der Waals surface area contributed by atoms with Crippen LogP contribution < -0.4 is 5.32 Å². The number of thiazole rings is 1. The summed E-state index contributed by atoms with van der Waals surface area (Å²) in [5.41, 5.74) is 2.32. The third-order valence-electron chi connectivity index (χ3n) is 8.42. The summed E-state index contributed by atoms with van der Waals surface area (Å²) in [6.07, 6.45) is 7.02. The van der Waals surface area contributed by atoms with E-state index in [0.717, 1.165) is 36.1 Å². The summed E-state index contributed by atoms with van der Waals surface area (Å²) in [5.74, 6) is 1.50. The van der Waals surface area contributed by atoms with Crippen LogP contribution in [0.2, 0.25) is 0 Å². The lowest BCUT2D eigenvalue weighted by Crippen LogP contribution is -2.44. The molecule has 3 aliphatic carbocycles. The molecule has 1 aromatic heterocycles. The van der Waals surface area contributed by atoms with E-state index in [1.807, 2.05) is 13.0 Å². The molecule has 5 unspecified atom stereocenters. The predicted molar refractivity (Wildman–Crippen MR) is 126 cm³/mol. The van der Waals surface area contributed by atoms with Gasteiger partial charge in [-0.1, -0.05) is 6.92 Å². The van der Waals surface area contributed by atoms with Gasteiger partial charge in [-0.25, -0.2) is 4.98 Å². The van der Waals surface area contributed by atoms with E-state index in [0.29, 0.717) is 47.6 Å². The molecule has 0 spiro atoms. The Hall–Kier alpha value is -2.72. The molecule has 7 heteroatoms. The Morgan fingerprint density at radius 2 is 2.21 bits per heavy atom. The number of carbonyl (C=O) groups excluding carboxylic acids is 2. The third kappa shape index (κ3) is 3.74. The van der Waals surface area contributed by atoms with Crippen LogP contribution in [0.4, 0.5) is 5.13 Å². The number of anilines is 1. The molecule has 6 nitrogen and oxygen atoms in total. The monoisotopic (exact) mass is 463 g/mol. The van der Waals surface area contributed by atoms with Crippen LogP contribution in [0, 0.1) is 41.4 Å². The van der Waals surface area contributed by atoms with Gasteiger partial charge in [0, 0.05) is 29.3 Å². The van der Waals surface area contributed by atoms with Crippen LogP contribution in [0.15, 0.2) is 18.3 Å². The molecule has 3 aliphatic rings. The number of nitrogens with zero attached hydrogens (tertiary/aromatic N) is 2. The molecule has 5 rings (SSSR count). The number of rotatable bonds is 4. The molecule has 172 valence electrons. The van der Waals surface area contributed by atoms with Gasteiger partial charge < -0.3 is 10.4 Å². The van der Waals surface area contributed by atoms with Crippen molar-refractivity contribution in [3.8, 4) is 11.8 Å². The zero-order valence-corrected chi connectivity index (χ0v) is 19.9. The van der Waals surface area contributed by atoms with Gasteiger partial charge in [0.2, 0.25) is 5.91 Å². The Morgan fingerprint density at radius 1 is 1.39 bits per heavy atom. The lowest BCUT2D eigenvalue weighted by atomic mass is 9.54. The van der Waals surface area contributed by atoms with Crippen molar-refractivity contribution in [2.75, 3.05) is 5.32 Å². The van der Waals surface area contributed by atoms with E-state index in [-0.39, 0.29) is 28.9 Å². The minimum Gasteiger partial charge on any atom is -0.507 e. The Morgan fingerprint density at radius 3 is 2.94 bits per heavy atom. The minimum atomic E-state index is -0.318. The lowest BCUT2D eigenvalue weighted by molar-refractivity contribution is -0.129. The number of phenols is 1. The number of Topliss-reactive ketones (excluding diaryl/α,β-unsaturated/α-hetero) is 1. The number of phenolic OH excluding ortho intramolecular Hbond substituents is 1. The average molecular weight is 464 g/mol. The fraction of sp³-hybridized carbons (Fsp3) is 0.538. The molecular weight excluding hydrogens is 434 g/mol. The molecule has 0 bridgehead atoms. The Labute approximate surface area is 198 Å². The SMILES string of the molecule is Cc1cnc(NC(=O)CCC2CC(=O)C3(C)CCC4c5cc(C#N)c(O)cc5CCC4C23)s1. The van der Waals surface area contributed by atoms with Crippen molar-refractivity contribution >= 4 is 28.2 Å². The summed E-state index contributed by atoms with van der Waals surface area (Å²) in [6.45, 7) is 4.10. The Kier molecular flexibility index (Phi) is 5.52. The molecule has 2 fully saturated rings. The van der Waals surface area contributed by atoms with Crippen LogP contribution in [-0.2, 0) is 16.0 Å². The van der Waals surface area contributed by atoms with Gasteiger partial charge in [-0.05, 0) is 86.0 Å². The maximum Gasteiger partial charge on any atom is 0.226 e. The third-order valence-corrected chi connectivity index (χ3v) is 9.24. The molecule has 0 saturated heterocycles. The van der Waals surface area contributed by atoms with Crippen molar-refractivity contribution in [1.82, 2.24) is 4.98 Å². The van der Waals surface area contributed by atoms with E-state index in [1.54, 1.807) is 12.3 Å². The molecule has 1 amide bonds. The number of aryl methyl sites for hydroxylation is 2. The number of hydrogen-bond acceptors (Lipinski definition) is 6. The standard InChI is InChI=1S/C26H29N3O3S/c1-14-13-28-25(33-14)29-23(32)6-4-16-11-22(31)26(2)8-7-18-19(24(16)26)5-3-15-10-21(30)17(12-27)9-20(15)18/h9-10,13,16,18-19,24,30H,3-8,11H2,1-2H3,(H,28,29,32). The number of aromatic nitrogens is 1. The minimum absolute atomic E-state index is 0.0408. The van der Waals surface area contributed by atoms with Crippen molar-refractivity contribution in [1.29, 1.82) is 5.26 Å². The Bertz CT molecular complexity index is 1170. The van der Waals surface area contributed by atoms with E-state index in [4.69, 9.17) is 0 Å². The number of hydrogen-bond donors (Lipinski definition) is 2. The van der Waals surface area contributed by atoms with Gasteiger partial charge in [-0.3, -0.25) is 9.59 Å². The number of carbonyl (C=O) groups is 2. The van der Waals surface area contributed by atoms with Crippen LogP contribution in [0.1, 0.15) is 72.9 Å². The van der Waals surface area contributed by atoms with Crippen molar-refractivity contribution in [3.05, 3.63) is 39.9 Å². The zero-order valence-electron chi connectivity index (χ0n) is 19.1. The first kappa shape index (κ1) is 22.1. The van der Waals surface area contributed by atoms with E-state index < -0.39 is 0 Å². The van der Waals surface area contributed by atoms with E-state index in [9.17, 15) is 20.0 Å². The second kappa shape index (κ2) is 8.25. The number of benzene rings is 1. The quantitative estimate of drug-likeness (QED) is 0.657. The molecule has 2 saturated carbocycles. The molecule has 2 aromatic rings. The number of aromatic hydroxyl groups is 1. The average Bonchev–Trinajstić information content (AvgIpc) is 3.31. The van der Waals surface area contributed by atoms with Gasteiger partial charge in [0.15, 0.2) is 5.13 Å². The summed E-state index contributed by atoms with van der Waals surface area (Å²) in [7, 11) is 0. The van der Waals surface area contributed by atoms with Crippen LogP contribution >= 0.6 is 11.3 Å². The van der Waals surface area contributed by atoms with Gasteiger partial charge in [0.05, 0.1) is 5.56 Å². The highest BCUT2D eigenvalue weighted by Crippen LogP contribution is 2.62. The molecule has 0 radical (unpaired) electrons. The van der Waals surface area contributed by atoms with Crippen molar-refractivity contribution < 1.29 is 14.7 Å². The first-order valence-electron chi connectivity index (χ1n) is 11.8. The summed E-state index contributed by atoms with van der Waals surface area (Å²) in [4.78, 5) is 31.0. The normalized spacial score (nSPS) is 30.2. The topological polar surface area (TPSA) is 103 Å². The highest BCUT2D eigenvalue weighted by molar-refractivity contribution is 7.15. The fourth-order valence-corrected chi connectivity index (χ4v) is 7.61. The van der Waals surface area contributed by atoms with Gasteiger partial charge in [0.25, 0.3) is 0 Å². The first-order valence-corrected chi connectivity index (χ1v) is 12.6. The number of amides is 1. The summed E-state index contributed by atoms with van der Waals surface area (Å²) in [6, 6.07) is 5.75. The molecule has 1 aromatic carbocycles. The highest BCUT2D eigenvalue weighted by Gasteiger charge is 2.58. The van der Waals surface area contributed by atoms with Gasteiger partial charge in [-0.15, -0.1) is 11.3 Å². The predicted octanol–water partition coefficient (Wildman–Crippen LogP) is 5.10. The highest BCUT2D eigenvalue weighted by atomic mass is 32.1. The van der Waals surface area contributed by atoms with Crippen molar-refractivity contribution in [2.24, 2.45) is 23.2 Å². The van der Waals surface area contributed by atoms with Gasteiger partial charge in [0.1, 0.15) is 17.6 Å². The smallest absolute Gasteiger partial charge is 0.226 e. The lowest BCUT2D eigenvalue weighted by Gasteiger charge is -2.50. The fourth-order valence-electron chi connectivity index (χ4n) is 6.93. The number of ketones is 1. The van der Waals surface area contributed by atoms with Crippen LogP contribution in [0.5, 0.6) is 5.75 Å². The first-order chi connectivity index (χ1) is 15.8. The van der Waals surface area contributed by atoms with E-state index in [2.05, 4.69) is 23.3 Å². The van der Waals surface area contributed by atoms with Crippen molar-refractivity contribution in [3.63, 3.8) is 0 Å². The molecule has 5 atom stereocenters. The van der Waals surface area contributed by atoms with Crippen LogP contribution in [0.3, 0.4) is 0 Å². The van der Waals surface area contributed by atoms with Crippen LogP contribution in [0.25, 0.3) is 0 Å². The van der Waals surface area contributed by atoms with Crippen molar-refractivity contribution in [2.45, 2.75) is 64.7 Å². The largest absolute Gasteiger partial charge is 0.507 e. The molecule has 0 aliphatic heterocycles. The van der Waals surface area contributed by atoms with Gasteiger partial charge >= 0.3 is 0 Å². The number of fused-ring (bicyclic) bond motifs is 5. The summed E-state index contributed by atoms with van der Waals surface area (Å²) < 4.78 is 0. The van der Waals surface area contributed by atoms with E-state index in [1.165, 1.54) is 16.9 Å².